The normalized spacial score (nSPS) is 9.24. The van der Waals surface area contributed by atoms with E-state index < -0.39 is 0 Å². The predicted molar refractivity (Wildman–Crippen MR) is 126 cm³/mol. The molecule has 0 aliphatic rings. The van der Waals surface area contributed by atoms with Gasteiger partial charge in [0.1, 0.15) is 11.0 Å². The van der Waals surface area contributed by atoms with Gasteiger partial charge in [0, 0.05) is 41.3 Å². The second-order valence-corrected chi connectivity index (χ2v) is 6.19. The highest BCUT2D eigenvalue weighted by atomic mass is 16.2. The molecular weight excluding hydrogens is 460 g/mol. The lowest BCUT2D eigenvalue weighted by atomic mass is 10.5. The minimum absolute atomic E-state index is 0. The number of nitrogens with zero attached hydrogens (tertiary/aromatic N) is 6. The molecular formula is C16H32N10O8. The van der Waals surface area contributed by atoms with Crippen molar-refractivity contribution in [2.75, 3.05) is 13.1 Å². The molecule has 0 saturated heterocycles. The quantitative estimate of drug-likeness (QED) is 0.197. The summed E-state index contributed by atoms with van der Waals surface area (Å²) in [6.45, 7) is 1.19. The molecule has 0 aliphatic carbocycles. The number of aromatic amines is 2. The zero-order valence-electron chi connectivity index (χ0n) is 19.0. The van der Waals surface area contributed by atoms with Crippen LogP contribution < -0.4 is 34.0 Å². The molecule has 14 N–H and O–H groups in total. The van der Waals surface area contributed by atoms with Gasteiger partial charge in [-0.15, -0.1) is 0 Å². The number of aryl methyl sites for hydroxylation is 2. The van der Waals surface area contributed by atoms with Gasteiger partial charge in [-0.1, -0.05) is 0 Å². The highest BCUT2D eigenvalue weighted by molar-refractivity contribution is 5.69. The summed E-state index contributed by atoms with van der Waals surface area (Å²) in [5.41, 5.74) is 9.83. The van der Waals surface area contributed by atoms with E-state index in [9.17, 15) is 19.2 Å². The lowest BCUT2D eigenvalue weighted by Gasteiger charge is -2.00. The Hall–Kier alpha value is -3.94. The predicted octanol–water partition coefficient (Wildman–Crippen LogP) is -6.47. The molecule has 194 valence electrons. The molecule has 0 aliphatic heterocycles. The van der Waals surface area contributed by atoms with Crippen LogP contribution in [-0.2, 0) is 28.2 Å². The number of hydrogen-bond donors (Lipinski definition) is 4. The van der Waals surface area contributed by atoms with E-state index >= 15 is 0 Å². The van der Waals surface area contributed by atoms with Crippen LogP contribution in [0.3, 0.4) is 0 Å². The molecule has 34 heavy (non-hydrogen) atoms. The lowest BCUT2D eigenvalue weighted by Crippen LogP contribution is -2.36. The van der Waals surface area contributed by atoms with Crippen molar-refractivity contribution in [2.45, 2.75) is 0 Å². The Morgan fingerprint density at radius 1 is 0.647 bits per heavy atom. The van der Waals surface area contributed by atoms with Crippen LogP contribution >= 0.6 is 0 Å². The summed E-state index contributed by atoms with van der Waals surface area (Å²) < 4.78 is 4.74. The Labute approximate surface area is 190 Å². The highest BCUT2D eigenvalue weighted by Crippen LogP contribution is 1.98. The Bertz CT molecular complexity index is 1300. The second-order valence-electron chi connectivity index (χ2n) is 6.19. The minimum atomic E-state index is -0.371. The summed E-state index contributed by atoms with van der Waals surface area (Å²) in [6, 6.07) is 0. The molecule has 0 atom stereocenters. The van der Waals surface area contributed by atoms with E-state index in [-0.39, 0.29) is 44.4 Å². The van der Waals surface area contributed by atoms with Gasteiger partial charge >= 0.3 is 11.4 Å². The smallest absolute Gasteiger partial charge is 0.332 e. The molecule has 18 nitrogen and oxygen atoms in total. The maximum atomic E-state index is 11.4. The number of fused-ring (bicyclic) bond motifs is 2. The molecule has 4 aromatic rings. The summed E-state index contributed by atoms with van der Waals surface area (Å²) in [4.78, 5) is 58.8. The third-order valence-electron chi connectivity index (χ3n) is 4.23. The molecule has 4 rings (SSSR count). The van der Waals surface area contributed by atoms with E-state index in [0.29, 0.717) is 35.4 Å². The SMILES string of the molecule is Cn1c(=O)c2[nH]cnc2n(C)c1=O.Cn1c(=O)c2[nH]cnc2n(C)c1=O.NCCN.O.O.O.O. The van der Waals surface area contributed by atoms with E-state index in [4.69, 9.17) is 11.5 Å². The highest BCUT2D eigenvalue weighted by Gasteiger charge is 2.09. The van der Waals surface area contributed by atoms with Crippen LogP contribution in [0.1, 0.15) is 0 Å². The summed E-state index contributed by atoms with van der Waals surface area (Å²) in [5, 5.41) is 0. The van der Waals surface area contributed by atoms with Crippen LogP contribution in [0.5, 0.6) is 0 Å². The third kappa shape index (κ3) is 6.31. The van der Waals surface area contributed by atoms with Gasteiger partial charge in [0.05, 0.1) is 12.7 Å². The monoisotopic (exact) mass is 492 g/mol. The van der Waals surface area contributed by atoms with Crippen molar-refractivity contribution in [3.05, 3.63) is 54.3 Å². The number of imidazole rings is 2. The molecule has 0 amide bonds. The van der Waals surface area contributed by atoms with Crippen LogP contribution in [0, 0.1) is 0 Å². The van der Waals surface area contributed by atoms with Crippen LogP contribution in [0.4, 0.5) is 0 Å². The first kappa shape index (κ1) is 34.7. The van der Waals surface area contributed by atoms with Gasteiger partial charge in [-0.05, 0) is 0 Å². The zero-order chi connectivity index (χ0) is 22.6. The van der Waals surface area contributed by atoms with Gasteiger partial charge < -0.3 is 43.3 Å². The van der Waals surface area contributed by atoms with Gasteiger partial charge in [-0.25, -0.2) is 19.6 Å². The van der Waals surface area contributed by atoms with E-state index in [1.165, 1.54) is 35.9 Å². The van der Waals surface area contributed by atoms with Crippen LogP contribution in [-0.4, -0.2) is 73.2 Å². The lowest BCUT2D eigenvalue weighted by molar-refractivity contribution is 0.709. The number of hydrogen-bond acceptors (Lipinski definition) is 8. The first-order valence-electron chi connectivity index (χ1n) is 8.75. The van der Waals surface area contributed by atoms with E-state index in [1.54, 1.807) is 14.1 Å². The van der Waals surface area contributed by atoms with Gasteiger partial charge in [0.15, 0.2) is 11.3 Å². The minimum Gasteiger partial charge on any atom is -0.412 e. The summed E-state index contributed by atoms with van der Waals surface area (Å²) in [5.74, 6) is 0. The third-order valence-corrected chi connectivity index (χ3v) is 4.23. The summed E-state index contributed by atoms with van der Waals surface area (Å²) >= 11 is 0. The van der Waals surface area contributed by atoms with Gasteiger partial charge in [0.25, 0.3) is 11.1 Å². The number of nitrogens with one attached hydrogen (secondary N) is 2. The molecule has 0 unspecified atom stereocenters. The molecule has 0 fully saturated rings. The fraction of sp³-hybridized carbons (Fsp3) is 0.375. The number of rotatable bonds is 1. The topological polar surface area (TPSA) is 323 Å². The van der Waals surface area contributed by atoms with Crippen LogP contribution in [0.25, 0.3) is 22.3 Å². The number of H-pyrrole nitrogens is 2. The number of nitrogens with two attached hydrogens (primary N) is 2. The average molecular weight is 492 g/mol. The molecule has 0 saturated carbocycles. The van der Waals surface area contributed by atoms with Crippen LogP contribution in [0.15, 0.2) is 31.8 Å². The molecule has 0 aromatic carbocycles. The first-order chi connectivity index (χ1) is 14.2. The van der Waals surface area contributed by atoms with Crippen molar-refractivity contribution in [2.24, 2.45) is 39.7 Å². The standard InChI is InChI=1S/2C7H8N4O2.C2H8N2.4H2O/c2*1-10-5-4(8-3-9-5)6(12)11(2)7(10)13;3-1-2-4;;;;/h2*3H,1-2H3,(H,8,9);1-4H2;4*1H2. The molecule has 0 radical (unpaired) electrons. The fourth-order valence-corrected chi connectivity index (χ4v) is 2.54. The van der Waals surface area contributed by atoms with Crippen molar-refractivity contribution >= 4 is 22.3 Å². The molecule has 0 spiro atoms. The van der Waals surface area contributed by atoms with E-state index in [0.717, 1.165) is 9.13 Å². The second kappa shape index (κ2) is 14.3. The van der Waals surface area contributed by atoms with Crippen molar-refractivity contribution in [1.82, 2.24) is 38.2 Å². The molecule has 18 heteroatoms. The summed E-state index contributed by atoms with van der Waals surface area (Å²) in [6.07, 6.45) is 2.79. The van der Waals surface area contributed by atoms with E-state index in [1.807, 2.05) is 0 Å². The first-order valence-corrected chi connectivity index (χ1v) is 8.75. The fourth-order valence-electron chi connectivity index (χ4n) is 2.54. The Balaban J connectivity index is -0.000000444. The largest absolute Gasteiger partial charge is 0.412 e. The van der Waals surface area contributed by atoms with Gasteiger partial charge in [-0.2, -0.15) is 0 Å². The van der Waals surface area contributed by atoms with Gasteiger partial charge in [0.2, 0.25) is 0 Å². The van der Waals surface area contributed by atoms with E-state index in [2.05, 4.69) is 19.9 Å². The van der Waals surface area contributed by atoms with Crippen LogP contribution in [0.2, 0.25) is 0 Å². The zero-order valence-corrected chi connectivity index (χ0v) is 19.0. The van der Waals surface area contributed by atoms with Crippen molar-refractivity contribution in [3.63, 3.8) is 0 Å². The molecule has 4 heterocycles. The maximum Gasteiger partial charge on any atom is 0.332 e. The Morgan fingerprint density at radius 2 is 0.941 bits per heavy atom. The maximum absolute atomic E-state index is 11.4. The van der Waals surface area contributed by atoms with Gasteiger partial charge in [-0.3, -0.25) is 27.9 Å². The molecule has 4 aromatic heterocycles. The number of aromatic nitrogens is 8. The van der Waals surface area contributed by atoms with Crippen molar-refractivity contribution in [1.29, 1.82) is 0 Å². The van der Waals surface area contributed by atoms with Crippen molar-refractivity contribution in [3.8, 4) is 0 Å². The summed E-state index contributed by atoms with van der Waals surface area (Å²) in [7, 11) is 6.02. The van der Waals surface area contributed by atoms with Crippen molar-refractivity contribution < 1.29 is 21.9 Å². The Morgan fingerprint density at radius 3 is 1.21 bits per heavy atom. The average Bonchev–Trinajstić information content (AvgIpc) is 3.44. The molecule has 0 bridgehead atoms. The Kier molecular flexibility index (Phi) is 14.5.